The van der Waals surface area contributed by atoms with Crippen LogP contribution >= 0.6 is 23.2 Å². The van der Waals surface area contributed by atoms with Crippen molar-refractivity contribution < 1.29 is 9.21 Å². The van der Waals surface area contributed by atoms with Crippen LogP contribution < -0.4 is 5.32 Å². The van der Waals surface area contributed by atoms with E-state index in [1.54, 1.807) is 48.0 Å². The van der Waals surface area contributed by atoms with Gasteiger partial charge in [0, 0.05) is 21.3 Å². The first-order chi connectivity index (χ1) is 14.4. The SMILES string of the molecule is Cc1oc(-c2ccc(Cl)cc2)nc1Cn1nnc(C(=O)Nc2cccc(Cl)c2)c1C. The van der Waals surface area contributed by atoms with E-state index in [0.717, 1.165) is 5.56 Å². The second kappa shape index (κ2) is 8.30. The first-order valence-corrected chi connectivity index (χ1v) is 9.85. The molecule has 7 nitrogen and oxygen atoms in total. The van der Waals surface area contributed by atoms with E-state index in [9.17, 15) is 4.79 Å². The van der Waals surface area contributed by atoms with Gasteiger partial charge in [-0.25, -0.2) is 9.67 Å². The maximum Gasteiger partial charge on any atom is 0.278 e. The van der Waals surface area contributed by atoms with E-state index in [4.69, 9.17) is 27.6 Å². The molecule has 1 amide bonds. The molecule has 0 fully saturated rings. The summed E-state index contributed by atoms with van der Waals surface area (Å²) in [6.45, 7) is 3.94. The van der Waals surface area contributed by atoms with Gasteiger partial charge in [0.2, 0.25) is 5.89 Å². The van der Waals surface area contributed by atoms with Gasteiger partial charge in [-0.15, -0.1) is 5.10 Å². The highest BCUT2D eigenvalue weighted by Crippen LogP contribution is 2.24. The first-order valence-electron chi connectivity index (χ1n) is 9.10. The van der Waals surface area contributed by atoms with Crippen LogP contribution in [-0.4, -0.2) is 25.9 Å². The quantitative estimate of drug-likeness (QED) is 0.462. The molecule has 152 valence electrons. The molecule has 0 aliphatic rings. The highest BCUT2D eigenvalue weighted by molar-refractivity contribution is 6.31. The van der Waals surface area contributed by atoms with Crippen LogP contribution in [0.3, 0.4) is 0 Å². The Morgan fingerprint density at radius 3 is 2.60 bits per heavy atom. The van der Waals surface area contributed by atoms with Crippen LogP contribution in [0.25, 0.3) is 11.5 Å². The number of hydrogen-bond acceptors (Lipinski definition) is 5. The summed E-state index contributed by atoms with van der Waals surface area (Å²) < 4.78 is 7.40. The fraction of sp³-hybridized carbons (Fsp3) is 0.143. The topological polar surface area (TPSA) is 85.8 Å². The summed E-state index contributed by atoms with van der Waals surface area (Å²) in [5.41, 5.74) is 2.96. The number of hydrogen-bond donors (Lipinski definition) is 1. The molecular weight excluding hydrogens is 425 g/mol. The van der Waals surface area contributed by atoms with Crippen LogP contribution in [0.1, 0.15) is 27.6 Å². The van der Waals surface area contributed by atoms with Crippen molar-refractivity contribution in [2.24, 2.45) is 0 Å². The molecule has 0 saturated heterocycles. The van der Waals surface area contributed by atoms with Crippen LogP contribution in [-0.2, 0) is 6.54 Å². The van der Waals surface area contributed by atoms with Crippen LogP contribution in [0.15, 0.2) is 52.9 Å². The molecule has 0 atom stereocenters. The molecule has 4 aromatic rings. The molecule has 0 spiro atoms. The molecule has 0 unspecified atom stereocenters. The fourth-order valence-corrected chi connectivity index (χ4v) is 3.23. The lowest BCUT2D eigenvalue weighted by Gasteiger charge is -2.05. The third-order valence-electron chi connectivity index (χ3n) is 4.56. The fourth-order valence-electron chi connectivity index (χ4n) is 2.91. The predicted octanol–water partition coefficient (Wildman–Crippen LogP) is 5.16. The number of halogens is 2. The second-order valence-corrected chi connectivity index (χ2v) is 7.55. The zero-order valence-corrected chi connectivity index (χ0v) is 17.7. The van der Waals surface area contributed by atoms with Crippen molar-refractivity contribution in [2.75, 3.05) is 5.32 Å². The van der Waals surface area contributed by atoms with E-state index in [1.807, 2.05) is 19.1 Å². The van der Waals surface area contributed by atoms with E-state index in [2.05, 4.69) is 20.6 Å². The normalized spacial score (nSPS) is 10.9. The van der Waals surface area contributed by atoms with Crippen LogP contribution in [0.2, 0.25) is 10.0 Å². The summed E-state index contributed by atoms with van der Waals surface area (Å²) in [5, 5.41) is 12.1. The molecular formula is C21H17Cl2N5O2. The Labute approximate surface area is 182 Å². The lowest BCUT2D eigenvalue weighted by molar-refractivity contribution is 0.102. The minimum absolute atomic E-state index is 0.231. The lowest BCUT2D eigenvalue weighted by atomic mass is 10.2. The average molecular weight is 442 g/mol. The minimum Gasteiger partial charge on any atom is -0.441 e. The number of nitrogens with zero attached hydrogens (tertiary/aromatic N) is 4. The van der Waals surface area contributed by atoms with Gasteiger partial charge in [0.15, 0.2) is 5.69 Å². The van der Waals surface area contributed by atoms with Gasteiger partial charge in [-0.3, -0.25) is 4.79 Å². The molecule has 30 heavy (non-hydrogen) atoms. The Hall–Kier alpha value is -3.16. The van der Waals surface area contributed by atoms with E-state index < -0.39 is 0 Å². The van der Waals surface area contributed by atoms with E-state index in [1.165, 1.54) is 0 Å². The van der Waals surface area contributed by atoms with Crippen molar-refractivity contribution in [3.8, 4) is 11.5 Å². The number of anilines is 1. The zero-order chi connectivity index (χ0) is 21.3. The number of benzene rings is 2. The molecule has 1 N–H and O–H groups in total. The first kappa shape index (κ1) is 20.1. The van der Waals surface area contributed by atoms with Gasteiger partial charge in [0.25, 0.3) is 5.91 Å². The van der Waals surface area contributed by atoms with Crippen molar-refractivity contribution in [1.29, 1.82) is 0 Å². The molecule has 2 aromatic heterocycles. The van der Waals surface area contributed by atoms with Crippen LogP contribution in [0.5, 0.6) is 0 Å². The van der Waals surface area contributed by atoms with Crippen LogP contribution in [0, 0.1) is 13.8 Å². The van der Waals surface area contributed by atoms with Gasteiger partial charge in [-0.1, -0.05) is 34.5 Å². The Morgan fingerprint density at radius 2 is 1.87 bits per heavy atom. The van der Waals surface area contributed by atoms with E-state index >= 15 is 0 Å². The zero-order valence-electron chi connectivity index (χ0n) is 16.2. The number of carbonyl (C=O) groups excluding carboxylic acids is 1. The predicted molar refractivity (Wildman–Crippen MR) is 115 cm³/mol. The van der Waals surface area contributed by atoms with E-state index in [0.29, 0.717) is 45.3 Å². The number of amides is 1. The summed E-state index contributed by atoms with van der Waals surface area (Å²) in [6, 6.07) is 14.2. The smallest absolute Gasteiger partial charge is 0.278 e. The largest absolute Gasteiger partial charge is 0.441 e. The van der Waals surface area contributed by atoms with E-state index in [-0.39, 0.29) is 11.6 Å². The van der Waals surface area contributed by atoms with Crippen molar-refractivity contribution in [3.05, 3.63) is 81.4 Å². The highest BCUT2D eigenvalue weighted by atomic mass is 35.5. The number of aromatic nitrogens is 4. The van der Waals surface area contributed by atoms with Gasteiger partial charge < -0.3 is 9.73 Å². The third-order valence-corrected chi connectivity index (χ3v) is 5.05. The summed E-state index contributed by atoms with van der Waals surface area (Å²) in [7, 11) is 0. The summed E-state index contributed by atoms with van der Waals surface area (Å²) in [4.78, 5) is 17.1. The number of nitrogens with one attached hydrogen (secondary N) is 1. The monoisotopic (exact) mass is 441 g/mol. The second-order valence-electron chi connectivity index (χ2n) is 6.67. The van der Waals surface area contributed by atoms with Gasteiger partial charge in [0.1, 0.15) is 11.5 Å². The maximum atomic E-state index is 12.6. The number of carbonyl (C=O) groups is 1. The molecule has 0 aliphatic carbocycles. The molecule has 0 saturated carbocycles. The summed E-state index contributed by atoms with van der Waals surface area (Å²) >= 11 is 11.9. The molecule has 4 rings (SSSR count). The molecule has 0 bridgehead atoms. The van der Waals surface area contributed by atoms with Gasteiger partial charge >= 0.3 is 0 Å². The Balaban J connectivity index is 1.53. The van der Waals surface area contributed by atoms with Crippen LogP contribution in [0.4, 0.5) is 5.69 Å². The maximum absolute atomic E-state index is 12.6. The summed E-state index contributed by atoms with van der Waals surface area (Å²) in [6.07, 6.45) is 0. The number of aryl methyl sites for hydroxylation is 1. The average Bonchev–Trinajstić information content (AvgIpc) is 3.26. The number of oxazole rings is 1. The minimum atomic E-state index is -0.361. The number of rotatable bonds is 5. The summed E-state index contributed by atoms with van der Waals surface area (Å²) in [5.74, 6) is 0.801. The standard InChI is InChI=1S/C21H17Cl2N5O2/c1-12-19(20(29)24-17-5-3-4-16(23)10-17)26-27-28(12)11-18-13(2)30-21(25-18)14-6-8-15(22)9-7-14/h3-10H,11H2,1-2H3,(H,24,29). The Kier molecular flexibility index (Phi) is 5.57. The molecule has 0 aliphatic heterocycles. The van der Waals surface area contributed by atoms with Crippen molar-refractivity contribution >= 4 is 34.8 Å². The molecule has 2 aromatic carbocycles. The van der Waals surface area contributed by atoms with Crippen molar-refractivity contribution in [1.82, 2.24) is 20.0 Å². The lowest BCUT2D eigenvalue weighted by Crippen LogP contribution is -2.14. The molecule has 9 heteroatoms. The highest BCUT2D eigenvalue weighted by Gasteiger charge is 2.19. The van der Waals surface area contributed by atoms with Gasteiger partial charge in [0.05, 0.1) is 12.2 Å². The molecule has 2 heterocycles. The Bertz CT molecular complexity index is 1210. The van der Waals surface area contributed by atoms with Crippen molar-refractivity contribution in [2.45, 2.75) is 20.4 Å². The van der Waals surface area contributed by atoms with Gasteiger partial charge in [-0.05, 0) is 56.3 Å². The van der Waals surface area contributed by atoms with Crippen molar-refractivity contribution in [3.63, 3.8) is 0 Å². The molecule has 0 radical (unpaired) electrons. The Morgan fingerprint density at radius 1 is 1.10 bits per heavy atom. The third kappa shape index (κ3) is 4.22. The van der Waals surface area contributed by atoms with Gasteiger partial charge in [-0.2, -0.15) is 0 Å².